The van der Waals surface area contributed by atoms with Crippen LogP contribution >= 0.6 is 0 Å². The highest BCUT2D eigenvalue weighted by Crippen LogP contribution is 2.23. The van der Waals surface area contributed by atoms with Crippen LogP contribution in [0.15, 0.2) is 42.5 Å². The van der Waals surface area contributed by atoms with Crippen molar-refractivity contribution in [1.29, 1.82) is 0 Å². The fraction of sp³-hybridized carbons (Fsp3) is 0.188. The number of nitrogens with zero attached hydrogens (tertiary/aromatic N) is 1. The quantitative estimate of drug-likeness (QED) is 0.866. The van der Waals surface area contributed by atoms with Gasteiger partial charge in [0, 0.05) is 17.2 Å². The van der Waals surface area contributed by atoms with E-state index in [4.69, 9.17) is 5.11 Å². The molecule has 0 spiro atoms. The van der Waals surface area contributed by atoms with Crippen LogP contribution in [-0.4, -0.2) is 21.8 Å². The third-order valence-corrected chi connectivity index (χ3v) is 3.25. The predicted octanol–water partition coefficient (Wildman–Crippen LogP) is 3.13. The van der Waals surface area contributed by atoms with Crippen molar-refractivity contribution >= 4 is 11.8 Å². The van der Waals surface area contributed by atoms with Crippen molar-refractivity contribution in [2.45, 2.75) is 19.8 Å². The molecule has 1 unspecified atom stereocenters. The zero-order valence-electron chi connectivity index (χ0n) is 11.3. The Morgan fingerprint density at radius 2 is 1.75 bits per heavy atom. The summed E-state index contributed by atoms with van der Waals surface area (Å²) in [4.78, 5) is 26.3. The summed E-state index contributed by atoms with van der Waals surface area (Å²) in [7, 11) is 0. The fourth-order valence-electron chi connectivity index (χ4n) is 1.99. The lowest BCUT2D eigenvalue weighted by molar-refractivity contribution is 0.0690. The minimum atomic E-state index is -1.04. The first-order valence-electron chi connectivity index (χ1n) is 6.30. The summed E-state index contributed by atoms with van der Waals surface area (Å²) in [6.07, 6.45) is 0. The highest BCUT2D eigenvalue weighted by molar-refractivity contribution is 5.94. The largest absolute Gasteiger partial charge is 0.477 e. The number of carbonyl (C=O) groups is 2. The molecule has 0 saturated heterocycles. The Labute approximate surface area is 117 Å². The van der Waals surface area contributed by atoms with Crippen LogP contribution in [0, 0.1) is 0 Å². The van der Waals surface area contributed by atoms with E-state index in [9.17, 15) is 9.59 Å². The third-order valence-electron chi connectivity index (χ3n) is 3.25. The molecule has 0 aliphatic heterocycles. The van der Waals surface area contributed by atoms with Gasteiger partial charge in [0.1, 0.15) is 5.69 Å². The summed E-state index contributed by atoms with van der Waals surface area (Å²) in [5.74, 6) is -1.04. The van der Waals surface area contributed by atoms with Gasteiger partial charge in [0.15, 0.2) is 5.78 Å². The molecular formula is C16H15NO3. The van der Waals surface area contributed by atoms with Crippen LogP contribution in [0.1, 0.15) is 51.9 Å². The van der Waals surface area contributed by atoms with E-state index < -0.39 is 5.97 Å². The van der Waals surface area contributed by atoms with Crippen molar-refractivity contribution < 1.29 is 14.7 Å². The second-order valence-electron chi connectivity index (χ2n) is 4.65. The molecule has 2 rings (SSSR count). The Bertz CT molecular complexity index is 647. The zero-order valence-corrected chi connectivity index (χ0v) is 11.3. The minimum Gasteiger partial charge on any atom is -0.477 e. The fourth-order valence-corrected chi connectivity index (χ4v) is 1.99. The van der Waals surface area contributed by atoms with Crippen LogP contribution in [0.2, 0.25) is 0 Å². The van der Waals surface area contributed by atoms with Gasteiger partial charge in [-0.2, -0.15) is 0 Å². The van der Waals surface area contributed by atoms with Crippen molar-refractivity contribution in [3.05, 3.63) is 65.0 Å². The molecule has 102 valence electrons. The molecule has 0 amide bonds. The smallest absolute Gasteiger partial charge is 0.354 e. The standard InChI is InChI=1S/C16H15NO3/c1-10(12-6-8-13(9-7-12)11(2)18)14-4-3-5-15(17-14)16(19)20/h3-10H,1-2H3,(H,19,20). The molecule has 1 N–H and O–H groups in total. The summed E-state index contributed by atoms with van der Waals surface area (Å²) < 4.78 is 0. The number of aromatic carboxylic acids is 1. The van der Waals surface area contributed by atoms with Crippen LogP contribution < -0.4 is 0 Å². The number of hydrogen-bond acceptors (Lipinski definition) is 3. The normalized spacial score (nSPS) is 11.9. The second kappa shape index (κ2) is 5.65. The van der Waals surface area contributed by atoms with E-state index in [0.717, 1.165) is 5.56 Å². The molecule has 1 heterocycles. The molecule has 1 atom stereocenters. The van der Waals surface area contributed by atoms with Gasteiger partial charge in [-0.25, -0.2) is 9.78 Å². The van der Waals surface area contributed by atoms with Gasteiger partial charge in [-0.15, -0.1) is 0 Å². The van der Waals surface area contributed by atoms with Crippen LogP contribution in [0.5, 0.6) is 0 Å². The van der Waals surface area contributed by atoms with Crippen molar-refractivity contribution in [3.8, 4) is 0 Å². The number of benzene rings is 1. The molecule has 0 bridgehead atoms. The second-order valence-corrected chi connectivity index (χ2v) is 4.65. The van der Waals surface area contributed by atoms with Crippen LogP contribution in [-0.2, 0) is 0 Å². The number of ketones is 1. The highest BCUT2D eigenvalue weighted by Gasteiger charge is 2.13. The predicted molar refractivity (Wildman–Crippen MR) is 75.2 cm³/mol. The Kier molecular flexibility index (Phi) is 3.94. The van der Waals surface area contributed by atoms with Gasteiger partial charge in [0.25, 0.3) is 0 Å². The molecule has 0 fully saturated rings. The first kappa shape index (κ1) is 13.9. The van der Waals surface area contributed by atoms with Gasteiger partial charge < -0.3 is 5.11 Å². The summed E-state index contributed by atoms with van der Waals surface area (Å²) in [6.45, 7) is 3.48. The lowest BCUT2D eigenvalue weighted by atomic mass is 9.95. The Morgan fingerprint density at radius 1 is 1.10 bits per heavy atom. The maximum absolute atomic E-state index is 11.2. The van der Waals surface area contributed by atoms with Crippen molar-refractivity contribution in [2.75, 3.05) is 0 Å². The van der Waals surface area contributed by atoms with E-state index in [1.165, 1.54) is 13.0 Å². The van der Waals surface area contributed by atoms with Gasteiger partial charge >= 0.3 is 5.97 Å². The molecule has 0 saturated carbocycles. The van der Waals surface area contributed by atoms with E-state index in [0.29, 0.717) is 11.3 Å². The molecule has 20 heavy (non-hydrogen) atoms. The number of hydrogen-bond donors (Lipinski definition) is 1. The van der Waals surface area contributed by atoms with Crippen molar-refractivity contribution in [2.24, 2.45) is 0 Å². The first-order chi connectivity index (χ1) is 9.49. The maximum Gasteiger partial charge on any atom is 0.354 e. The van der Waals surface area contributed by atoms with Gasteiger partial charge in [-0.3, -0.25) is 4.79 Å². The Hall–Kier alpha value is -2.49. The minimum absolute atomic E-state index is 0.0233. The van der Waals surface area contributed by atoms with Crippen LogP contribution in [0.3, 0.4) is 0 Å². The monoisotopic (exact) mass is 269 g/mol. The summed E-state index contributed by atoms with van der Waals surface area (Å²) in [5.41, 5.74) is 2.38. The lowest BCUT2D eigenvalue weighted by Crippen LogP contribution is -2.06. The van der Waals surface area contributed by atoms with Gasteiger partial charge in [-0.05, 0) is 24.6 Å². The van der Waals surface area contributed by atoms with Gasteiger partial charge in [0.2, 0.25) is 0 Å². The van der Waals surface area contributed by atoms with E-state index in [2.05, 4.69) is 4.98 Å². The number of aromatic nitrogens is 1. The number of carbonyl (C=O) groups excluding carboxylic acids is 1. The van der Waals surface area contributed by atoms with Crippen LogP contribution in [0.25, 0.3) is 0 Å². The SMILES string of the molecule is CC(=O)c1ccc(C(C)c2cccc(C(=O)O)n2)cc1. The number of pyridine rings is 1. The summed E-state index contributed by atoms with van der Waals surface area (Å²) in [6, 6.07) is 12.2. The average molecular weight is 269 g/mol. The van der Waals surface area contributed by atoms with E-state index in [1.807, 2.05) is 19.1 Å². The third kappa shape index (κ3) is 2.91. The Balaban J connectivity index is 2.30. The number of carboxylic acids is 1. The molecule has 2 aromatic rings. The summed E-state index contributed by atoms with van der Waals surface area (Å²) in [5, 5.41) is 8.96. The molecule has 1 aromatic carbocycles. The molecule has 0 aliphatic carbocycles. The zero-order chi connectivity index (χ0) is 14.7. The molecule has 0 radical (unpaired) electrons. The number of carboxylic acid groups (broad SMARTS) is 1. The molecular weight excluding hydrogens is 254 g/mol. The van der Waals surface area contributed by atoms with Crippen LogP contribution in [0.4, 0.5) is 0 Å². The number of rotatable bonds is 4. The first-order valence-corrected chi connectivity index (χ1v) is 6.30. The van der Waals surface area contributed by atoms with Crippen molar-refractivity contribution in [3.63, 3.8) is 0 Å². The van der Waals surface area contributed by atoms with E-state index >= 15 is 0 Å². The Morgan fingerprint density at radius 3 is 2.30 bits per heavy atom. The molecule has 1 aromatic heterocycles. The summed E-state index contributed by atoms with van der Waals surface area (Å²) >= 11 is 0. The van der Waals surface area contributed by atoms with E-state index in [1.54, 1.807) is 24.3 Å². The molecule has 0 aliphatic rings. The van der Waals surface area contributed by atoms with Gasteiger partial charge in [0.05, 0.1) is 0 Å². The highest BCUT2D eigenvalue weighted by atomic mass is 16.4. The van der Waals surface area contributed by atoms with Crippen molar-refractivity contribution in [1.82, 2.24) is 4.98 Å². The lowest BCUT2D eigenvalue weighted by Gasteiger charge is -2.12. The van der Waals surface area contributed by atoms with E-state index in [-0.39, 0.29) is 17.4 Å². The maximum atomic E-state index is 11.2. The molecule has 4 heteroatoms. The molecule has 4 nitrogen and oxygen atoms in total. The average Bonchev–Trinajstić information content (AvgIpc) is 2.46. The topological polar surface area (TPSA) is 67.3 Å². The number of Topliss-reactive ketones (excluding diaryl/α,β-unsaturated/α-hetero) is 1. The van der Waals surface area contributed by atoms with Gasteiger partial charge in [-0.1, -0.05) is 37.3 Å².